The predicted molar refractivity (Wildman–Crippen MR) is 90.7 cm³/mol. The molecule has 0 bridgehead atoms. The highest BCUT2D eigenvalue weighted by atomic mass is 16.5. The number of nitrogens with zero attached hydrogens (tertiary/aromatic N) is 1. The lowest BCUT2D eigenvalue weighted by atomic mass is 10.1. The molecule has 1 amide bonds. The lowest BCUT2D eigenvalue weighted by molar-refractivity contribution is -0.121. The van der Waals surface area contributed by atoms with Gasteiger partial charge in [0.2, 0.25) is 5.91 Å². The molecule has 0 spiro atoms. The van der Waals surface area contributed by atoms with Gasteiger partial charge in [-0.1, -0.05) is 0 Å². The first-order chi connectivity index (χ1) is 12.1. The molecule has 8 heteroatoms. The van der Waals surface area contributed by atoms with Crippen molar-refractivity contribution in [3.63, 3.8) is 0 Å². The van der Waals surface area contributed by atoms with Crippen LogP contribution in [0.3, 0.4) is 0 Å². The average molecular weight is 347 g/mol. The van der Waals surface area contributed by atoms with Gasteiger partial charge in [0.25, 0.3) is 0 Å². The van der Waals surface area contributed by atoms with E-state index >= 15 is 0 Å². The van der Waals surface area contributed by atoms with E-state index in [9.17, 15) is 14.4 Å². The number of benzene rings is 1. The summed E-state index contributed by atoms with van der Waals surface area (Å²) in [6.07, 6.45) is 0.251. The van der Waals surface area contributed by atoms with Crippen molar-refractivity contribution >= 4 is 22.8 Å². The summed E-state index contributed by atoms with van der Waals surface area (Å²) in [7, 11) is 0. The number of carbonyl (C=O) groups excluding carboxylic acids is 2. The van der Waals surface area contributed by atoms with Gasteiger partial charge in [0, 0.05) is 44.6 Å². The molecule has 1 aromatic heterocycles. The molecule has 3 rings (SSSR count). The number of H-pyrrole nitrogens is 1. The van der Waals surface area contributed by atoms with E-state index in [1.54, 1.807) is 12.1 Å². The zero-order valence-electron chi connectivity index (χ0n) is 13.9. The summed E-state index contributed by atoms with van der Waals surface area (Å²) in [5.74, 6) is -0.857. The first-order valence-electron chi connectivity index (χ1n) is 8.35. The smallest absolute Gasteiger partial charge is 0.408 e. The second-order valence-electron chi connectivity index (χ2n) is 5.95. The monoisotopic (exact) mass is 347 g/mol. The van der Waals surface area contributed by atoms with E-state index in [-0.39, 0.29) is 24.5 Å². The molecular weight excluding hydrogens is 326 g/mol. The number of hydrogen-bond donors (Lipinski definition) is 2. The average Bonchev–Trinajstić information content (AvgIpc) is 2.99. The van der Waals surface area contributed by atoms with Gasteiger partial charge in [0.1, 0.15) is 0 Å². The molecule has 0 radical (unpaired) electrons. The third-order valence-corrected chi connectivity index (χ3v) is 4.18. The Hall–Kier alpha value is -2.45. The van der Waals surface area contributed by atoms with Crippen LogP contribution in [0.2, 0.25) is 0 Å². The SMILES string of the molecule is O=C(CCC(=O)c1ccc2[nH]c(=O)oc2c1)NCCN1CCOCC1. The van der Waals surface area contributed by atoms with Gasteiger partial charge in [-0.2, -0.15) is 0 Å². The number of morpholine rings is 1. The van der Waals surface area contributed by atoms with Gasteiger partial charge in [0.05, 0.1) is 18.7 Å². The van der Waals surface area contributed by atoms with Crippen molar-refractivity contribution in [2.75, 3.05) is 39.4 Å². The van der Waals surface area contributed by atoms with Crippen molar-refractivity contribution in [3.8, 4) is 0 Å². The van der Waals surface area contributed by atoms with Crippen LogP contribution in [-0.2, 0) is 9.53 Å². The molecule has 0 atom stereocenters. The maximum absolute atomic E-state index is 12.2. The Morgan fingerprint density at radius 1 is 1.20 bits per heavy atom. The Morgan fingerprint density at radius 3 is 2.80 bits per heavy atom. The maximum atomic E-state index is 12.2. The summed E-state index contributed by atoms with van der Waals surface area (Å²) in [5, 5.41) is 2.83. The minimum absolute atomic E-state index is 0.115. The Bertz CT molecular complexity index is 804. The summed E-state index contributed by atoms with van der Waals surface area (Å²) in [4.78, 5) is 39.9. The van der Waals surface area contributed by atoms with Crippen LogP contribution in [0, 0.1) is 0 Å². The first kappa shape index (κ1) is 17.4. The normalized spacial score (nSPS) is 15.4. The molecule has 2 heterocycles. The number of ether oxygens (including phenoxy) is 1. The molecule has 1 fully saturated rings. The standard InChI is InChI=1S/C17H21N3O5/c21-14(12-1-2-13-15(11-12)25-17(23)19-13)3-4-16(22)18-5-6-20-7-9-24-10-8-20/h1-2,11H,3-10H2,(H,18,22)(H,19,23). The van der Waals surface area contributed by atoms with Crippen LogP contribution in [0.5, 0.6) is 0 Å². The zero-order chi connectivity index (χ0) is 17.6. The number of ketones is 1. The molecule has 1 aromatic carbocycles. The highest BCUT2D eigenvalue weighted by Crippen LogP contribution is 2.14. The quantitative estimate of drug-likeness (QED) is 0.708. The number of aromatic nitrogens is 1. The number of Topliss-reactive ketones (excluding diaryl/α,β-unsaturated/α-hetero) is 1. The van der Waals surface area contributed by atoms with Gasteiger partial charge in [-0.05, 0) is 18.2 Å². The lowest BCUT2D eigenvalue weighted by Crippen LogP contribution is -2.41. The largest absolute Gasteiger partial charge is 0.417 e. The molecule has 25 heavy (non-hydrogen) atoms. The third kappa shape index (κ3) is 4.77. The van der Waals surface area contributed by atoms with Crippen molar-refractivity contribution in [2.45, 2.75) is 12.8 Å². The molecule has 1 aliphatic heterocycles. The number of oxazole rings is 1. The number of rotatable bonds is 7. The number of fused-ring (bicyclic) bond motifs is 1. The van der Waals surface area contributed by atoms with Crippen LogP contribution in [-0.4, -0.2) is 61.0 Å². The molecule has 1 saturated heterocycles. The molecular formula is C17H21N3O5. The summed E-state index contributed by atoms with van der Waals surface area (Å²) >= 11 is 0. The fourth-order valence-corrected chi connectivity index (χ4v) is 2.76. The van der Waals surface area contributed by atoms with Gasteiger partial charge in [-0.3, -0.25) is 19.5 Å². The molecule has 2 aromatic rings. The number of amides is 1. The predicted octanol–water partition coefficient (Wildman–Crippen LogP) is 0.532. The second-order valence-corrected chi connectivity index (χ2v) is 5.95. The van der Waals surface area contributed by atoms with Crippen LogP contribution >= 0.6 is 0 Å². The van der Waals surface area contributed by atoms with Gasteiger partial charge in [-0.25, -0.2) is 4.79 Å². The Balaban J connectivity index is 1.42. The van der Waals surface area contributed by atoms with Crippen LogP contribution in [0.1, 0.15) is 23.2 Å². The lowest BCUT2D eigenvalue weighted by Gasteiger charge is -2.26. The van der Waals surface area contributed by atoms with E-state index in [1.807, 2.05) is 0 Å². The van der Waals surface area contributed by atoms with Crippen molar-refractivity contribution < 1.29 is 18.7 Å². The molecule has 0 aliphatic carbocycles. The summed E-state index contributed by atoms with van der Waals surface area (Å²) in [6.45, 7) is 4.57. The van der Waals surface area contributed by atoms with Crippen molar-refractivity contribution in [1.82, 2.24) is 15.2 Å². The van der Waals surface area contributed by atoms with E-state index in [0.29, 0.717) is 23.2 Å². The number of hydrogen-bond acceptors (Lipinski definition) is 6. The van der Waals surface area contributed by atoms with Gasteiger partial charge in [-0.15, -0.1) is 0 Å². The van der Waals surface area contributed by atoms with Crippen molar-refractivity contribution in [1.29, 1.82) is 0 Å². The maximum Gasteiger partial charge on any atom is 0.417 e. The Kier molecular flexibility index (Phi) is 5.62. The van der Waals surface area contributed by atoms with Crippen LogP contribution in [0.25, 0.3) is 11.1 Å². The second kappa shape index (κ2) is 8.09. The number of aromatic amines is 1. The molecule has 0 saturated carbocycles. The highest BCUT2D eigenvalue weighted by Gasteiger charge is 2.13. The minimum atomic E-state index is -0.556. The fraction of sp³-hybridized carbons (Fsp3) is 0.471. The van der Waals surface area contributed by atoms with Crippen LogP contribution in [0.15, 0.2) is 27.4 Å². The van der Waals surface area contributed by atoms with Gasteiger partial charge in [0.15, 0.2) is 11.4 Å². The highest BCUT2D eigenvalue weighted by molar-refractivity contribution is 6.00. The molecule has 1 aliphatic rings. The molecule has 8 nitrogen and oxygen atoms in total. The topological polar surface area (TPSA) is 105 Å². The van der Waals surface area contributed by atoms with Gasteiger partial charge >= 0.3 is 5.76 Å². The number of nitrogens with one attached hydrogen (secondary N) is 2. The van der Waals surface area contributed by atoms with Crippen molar-refractivity contribution in [2.24, 2.45) is 0 Å². The molecule has 0 unspecified atom stereocenters. The molecule has 134 valence electrons. The van der Waals surface area contributed by atoms with E-state index in [2.05, 4.69) is 15.2 Å². The van der Waals surface area contributed by atoms with Crippen molar-refractivity contribution in [3.05, 3.63) is 34.3 Å². The summed E-state index contributed by atoms with van der Waals surface area (Å²) in [6, 6.07) is 4.76. The first-order valence-corrected chi connectivity index (χ1v) is 8.35. The van der Waals surface area contributed by atoms with E-state index < -0.39 is 5.76 Å². The number of carbonyl (C=O) groups is 2. The van der Waals surface area contributed by atoms with Crippen LogP contribution < -0.4 is 11.1 Å². The van der Waals surface area contributed by atoms with Gasteiger partial charge < -0.3 is 14.5 Å². The molecule has 2 N–H and O–H groups in total. The summed E-state index contributed by atoms with van der Waals surface area (Å²) in [5.41, 5.74) is 1.31. The Labute approximate surface area is 144 Å². The summed E-state index contributed by atoms with van der Waals surface area (Å²) < 4.78 is 10.2. The van der Waals surface area contributed by atoms with Crippen LogP contribution in [0.4, 0.5) is 0 Å². The zero-order valence-corrected chi connectivity index (χ0v) is 13.9. The Morgan fingerprint density at radius 2 is 2.00 bits per heavy atom. The van der Waals surface area contributed by atoms with E-state index in [4.69, 9.17) is 9.15 Å². The van der Waals surface area contributed by atoms with E-state index in [1.165, 1.54) is 6.07 Å². The minimum Gasteiger partial charge on any atom is -0.408 e. The third-order valence-electron chi connectivity index (χ3n) is 4.18. The van der Waals surface area contributed by atoms with E-state index in [0.717, 1.165) is 32.8 Å². The fourth-order valence-electron chi connectivity index (χ4n) is 2.76.